The van der Waals surface area contributed by atoms with Crippen molar-refractivity contribution in [2.75, 3.05) is 0 Å². The van der Waals surface area contributed by atoms with Gasteiger partial charge in [0.25, 0.3) is 0 Å². The van der Waals surface area contributed by atoms with Gasteiger partial charge in [0, 0.05) is 6.42 Å². The zero-order valence-electron chi connectivity index (χ0n) is 11.0. The summed E-state index contributed by atoms with van der Waals surface area (Å²) in [5.41, 5.74) is 0.658. The Morgan fingerprint density at radius 1 is 1.45 bits per heavy atom. The molecule has 0 spiro atoms. The lowest BCUT2D eigenvalue weighted by Gasteiger charge is -2.08. The maximum atomic E-state index is 11.3. The Labute approximate surface area is 128 Å². The SMILES string of the molecule is CCc1nc(C)c(C(=O)O)c(SCc2ccc(Br)o2)n1. The number of hydrogen-bond donors (Lipinski definition) is 1. The van der Waals surface area contributed by atoms with E-state index in [1.165, 1.54) is 11.8 Å². The van der Waals surface area contributed by atoms with Crippen molar-refractivity contribution >= 4 is 33.7 Å². The fourth-order valence-corrected chi connectivity index (χ4v) is 3.00. The molecule has 0 saturated carbocycles. The summed E-state index contributed by atoms with van der Waals surface area (Å²) in [6.45, 7) is 3.63. The Kier molecular flexibility index (Phi) is 4.82. The number of aromatic nitrogens is 2. The van der Waals surface area contributed by atoms with E-state index in [-0.39, 0.29) is 5.56 Å². The van der Waals surface area contributed by atoms with Crippen molar-refractivity contribution in [3.8, 4) is 0 Å². The lowest BCUT2D eigenvalue weighted by molar-refractivity contribution is 0.0690. The molecule has 0 fully saturated rings. The molecule has 0 saturated heterocycles. The number of carboxylic acids is 1. The Bertz CT molecular complexity index is 643. The van der Waals surface area contributed by atoms with Crippen LogP contribution >= 0.6 is 27.7 Å². The standard InChI is InChI=1S/C13H13BrN2O3S/c1-3-10-15-7(2)11(13(17)18)12(16-10)20-6-8-4-5-9(14)19-8/h4-5H,3,6H2,1-2H3,(H,17,18). The minimum absolute atomic E-state index is 0.165. The minimum atomic E-state index is -1.01. The minimum Gasteiger partial charge on any atom is -0.478 e. The second-order valence-corrected chi connectivity index (χ2v) is 5.80. The van der Waals surface area contributed by atoms with Crippen molar-refractivity contribution in [3.05, 3.63) is 39.6 Å². The van der Waals surface area contributed by atoms with Gasteiger partial charge in [-0.3, -0.25) is 0 Å². The Morgan fingerprint density at radius 3 is 2.75 bits per heavy atom. The van der Waals surface area contributed by atoms with Gasteiger partial charge in [-0.15, -0.1) is 0 Å². The molecular formula is C13H13BrN2O3S. The second-order valence-electron chi connectivity index (χ2n) is 4.06. The Hall–Kier alpha value is -1.34. The van der Waals surface area contributed by atoms with Crippen LogP contribution in [0, 0.1) is 6.92 Å². The van der Waals surface area contributed by atoms with Gasteiger partial charge in [0.1, 0.15) is 22.2 Å². The van der Waals surface area contributed by atoms with E-state index in [2.05, 4.69) is 25.9 Å². The quantitative estimate of drug-likeness (QED) is 0.650. The molecule has 5 nitrogen and oxygen atoms in total. The molecule has 0 aliphatic heterocycles. The van der Waals surface area contributed by atoms with Gasteiger partial charge >= 0.3 is 5.97 Å². The largest absolute Gasteiger partial charge is 0.478 e. The number of aryl methyl sites for hydroxylation is 2. The van der Waals surface area contributed by atoms with Crippen LogP contribution in [0.3, 0.4) is 0 Å². The van der Waals surface area contributed by atoms with Crippen molar-refractivity contribution in [1.82, 2.24) is 9.97 Å². The molecule has 0 aliphatic rings. The number of aromatic carboxylic acids is 1. The Balaban J connectivity index is 2.28. The number of furan rings is 1. The summed E-state index contributed by atoms with van der Waals surface area (Å²) in [6.07, 6.45) is 0.667. The number of thioether (sulfide) groups is 1. The van der Waals surface area contributed by atoms with Gasteiger partial charge in [-0.2, -0.15) is 0 Å². The van der Waals surface area contributed by atoms with Gasteiger partial charge in [0.15, 0.2) is 4.67 Å². The third-order valence-electron chi connectivity index (χ3n) is 2.61. The van der Waals surface area contributed by atoms with E-state index >= 15 is 0 Å². The first kappa shape index (κ1) is 15.1. The van der Waals surface area contributed by atoms with E-state index in [1.807, 2.05) is 13.0 Å². The van der Waals surface area contributed by atoms with Gasteiger partial charge in [-0.25, -0.2) is 14.8 Å². The lowest BCUT2D eigenvalue weighted by atomic mass is 10.2. The molecule has 0 aromatic carbocycles. The normalized spacial score (nSPS) is 10.8. The summed E-state index contributed by atoms with van der Waals surface area (Å²) in [5, 5.41) is 9.77. The fourth-order valence-electron chi connectivity index (χ4n) is 1.68. The summed E-state index contributed by atoms with van der Waals surface area (Å²) in [6, 6.07) is 3.64. The van der Waals surface area contributed by atoms with Crippen LogP contribution in [0.1, 0.15) is 34.6 Å². The highest BCUT2D eigenvalue weighted by molar-refractivity contribution is 9.10. The topological polar surface area (TPSA) is 76.2 Å². The van der Waals surface area contributed by atoms with Crippen molar-refractivity contribution in [2.24, 2.45) is 0 Å². The molecule has 0 radical (unpaired) electrons. The summed E-state index contributed by atoms with van der Waals surface area (Å²) in [5.74, 6) is 0.919. The number of rotatable bonds is 5. The third kappa shape index (κ3) is 3.40. The van der Waals surface area contributed by atoms with Crippen LogP contribution in [0.5, 0.6) is 0 Å². The monoisotopic (exact) mass is 356 g/mol. The molecule has 0 atom stereocenters. The summed E-state index contributed by atoms with van der Waals surface area (Å²) in [4.78, 5) is 19.8. The van der Waals surface area contributed by atoms with E-state index in [4.69, 9.17) is 4.42 Å². The zero-order chi connectivity index (χ0) is 14.7. The molecule has 106 valence electrons. The predicted molar refractivity (Wildman–Crippen MR) is 79.1 cm³/mol. The van der Waals surface area contributed by atoms with Crippen LogP contribution in [-0.2, 0) is 12.2 Å². The second kappa shape index (κ2) is 6.41. The number of halogens is 1. The first-order chi connectivity index (χ1) is 9.51. The molecule has 1 N–H and O–H groups in total. The molecule has 0 aliphatic carbocycles. The van der Waals surface area contributed by atoms with Gasteiger partial charge in [0.2, 0.25) is 0 Å². The molecule has 7 heteroatoms. The van der Waals surface area contributed by atoms with Crippen LogP contribution in [-0.4, -0.2) is 21.0 Å². The lowest BCUT2D eigenvalue weighted by Crippen LogP contribution is -2.09. The molecule has 0 bridgehead atoms. The molecule has 2 heterocycles. The summed E-state index contributed by atoms with van der Waals surface area (Å²) in [7, 11) is 0. The molecule has 0 amide bonds. The van der Waals surface area contributed by atoms with Crippen LogP contribution in [0.2, 0.25) is 0 Å². The summed E-state index contributed by atoms with van der Waals surface area (Å²) >= 11 is 4.57. The van der Waals surface area contributed by atoms with E-state index in [9.17, 15) is 9.90 Å². The average molecular weight is 357 g/mol. The van der Waals surface area contributed by atoms with E-state index in [0.29, 0.717) is 33.4 Å². The maximum Gasteiger partial charge on any atom is 0.340 e. The van der Waals surface area contributed by atoms with Crippen LogP contribution in [0.15, 0.2) is 26.2 Å². The highest BCUT2D eigenvalue weighted by Crippen LogP contribution is 2.28. The molecule has 2 rings (SSSR count). The van der Waals surface area contributed by atoms with Gasteiger partial charge in [-0.1, -0.05) is 18.7 Å². The van der Waals surface area contributed by atoms with Crippen molar-refractivity contribution in [1.29, 1.82) is 0 Å². The fraction of sp³-hybridized carbons (Fsp3) is 0.308. The smallest absolute Gasteiger partial charge is 0.340 e. The van der Waals surface area contributed by atoms with Crippen LogP contribution < -0.4 is 0 Å². The molecular weight excluding hydrogens is 344 g/mol. The van der Waals surface area contributed by atoms with Crippen LogP contribution in [0.4, 0.5) is 0 Å². The van der Waals surface area contributed by atoms with E-state index in [1.54, 1.807) is 13.0 Å². The molecule has 2 aromatic rings. The van der Waals surface area contributed by atoms with E-state index in [0.717, 1.165) is 5.76 Å². The number of carboxylic acid groups (broad SMARTS) is 1. The van der Waals surface area contributed by atoms with E-state index < -0.39 is 5.97 Å². The first-order valence-electron chi connectivity index (χ1n) is 5.99. The van der Waals surface area contributed by atoms with Gasteiger partial charge in [-0.05, 0) is 35.0 Å². The summed E-state index contributed by atoms with van der Waals surface area (Å²) < 4.78 is 6.05. The van der Waals surface area contributed by atoms with Crippen molar-refractivity contribution in [2.45, 2.75) is 31.0 Å². The van der Waals surface area contributed by atoms with Crippen molar-refractivity contribution < 1.29 is 14.3 Å². The first-order valence-corrected chi connectivity index (χ1v) is 7.77. The maximum absolute atomic E-state index is 11.3. The number of hydrogen-bond acceptors (Lipinski definition) is 5. The Morgan fingerprint density at radius 2 is 2.20 bits per heavy atom. The number of nitrogens with zero attached hydrogens (tertiary/aromatic N) is 2. The van der Waals surface area contributed by atoms with Crippen LogP contribution in [0.25, 0.3) is 0 Å². The average Bonchev–Trinajstić information content (AvgIpc) is 2.81. The predicted octanol–water partition coefficient (Wildman–Crippen LogP) is 3.69. The highest BCUT2D eigenvalue weighted by Gasteiger charge is 2.18. The molecule has 0 unspecified atom stereocenters. The zero-order valence-corrected chi connectivity index (χ0v) is 13.4. The van der Waals surface area contributed by atoms with Gasteiger partial charge < -0.3 is 9.52 Å². The molecule has 20 heavy (non-hydrogen) atoms. The number of carbonyl (C=O) groups is 1. The van der Waals surface area contributed by atoms with Gasteiger partial charge in [0.05, 0.1) is 11.4 Å². The third-order valence-corrected chi connectivity index (χ3v) is 4.04. The van der Waals surface area contributed by atoms with Crippen molar-refractivity contribution in [3.63, 3.8) is 0 Å². The highest BCUT2D eigenvalue weighted by atomic mass is 79.9. The molecule has 2 aromatic heterocycles.